The SMILES string of the molecule is CN(C1CCNC1)S(=O)(=O)c1cccc(S(=O)(=O)NC2CC2)c1.Cl. The lowest BCUT2D eigenvalue weighted by atomic mass is 10.3. The molecule has 136 valence electrons. The van der Waals surface area contributed by atoms with Crippen molar-refractivity contribution < 1.29 is 16.8 Å². The zero-order chi connectivity index (χ0) is 16.7. The second kappa shape index (κ2) is 7.27. The lowest BCUT2D eigenvalue weighted by molar-refractivity contribution is 0.387. The third kappa shape index (κ3) is 4.09. The summed E-state index contributed by atoms with van der Waals surface area (Å²) in [5, 5.41) is 3.13. The van der Waals surface area contributed by atoms with Crippen LogP contribution in [0.2, 0.25) is 0 Å². The van der Waals surface area contributed by atoms with E-state index < -0.39 is 20.0 Å². The first-order chi connectivity index (χ1) is 10.8. The molecule has 0 radical (unpaired) electrons. The van der Waals surface area contributed by atoms with Crippen LogP contribution in [-0.4, -0.2) is 53.4 Å². The van der Waals surface area contributed by atoms with Gasteiger partial charge in [0.15, 0.2) is 0 Å². The van der Waals surface area contributed by atoms with Crippen molar-refractivity contribution in [2.45, 2.75) is 41.1 Å². The Balaban J connectivity index is 0.00000208. The number of nitrogens with one attached hydrogen (secondary N) is 2. The molecule has 2 aliphatic rings. The Morgan fingerprint density at radius 3 is 2.38 bits per heavy atom. The van der Waals surface area contributed by atoms with Gasteiger partial charge in [0.05, 0.1) is 9.79 Å². The molecule has 2 N–H and O–H groups in total. The zero-order valence-corrected chi connectivity index (χ0v) is 15.8. The summed E-state index contributed by atoms with van der Waals surface area (Å²) >= 11 is 0. The van der Waals surface area contributed by atoms with E-state index in [0.717, 1.165) is 25.8 Å². The van der Waals surface area contributed by atoms with Gasteiger partial charge < -0.3 is 5.32 Å². The maximum Gasteiger partial charge on any atom is 0.243 e. The van der Waals surface area contributed by atoms with Gasteiger partial charge in [-0.05, 0) is 44.0 Å². The van der Waals surface area contributed by atoms with E-state index in [2.05, 4.69) is 10.0 Å². The average Bonchev–Trinajstić information content (AvgIpc) is 3.15. The first-order valence-electron chi connectivity index (χ1n) is 7.62. The van der Waals surface area contributed by atoms with Crippen LogP contribution in [0.25, 0.3) is 0 Å². The van der Waals surface area contributed by atoms with Crippen molar-refractivity contribution in [3.63, 3.8) is 0 Å². The van der Waals surface area contributed by atoms with Gasteiger partial charge in [0, 0.05) is 25.7 Å². The van der Waals surface area contributed by atoms with Gasteiger partial charge >= 0.3 is 0 Å². The van der Waals surface area contributed by atoms with E-state index in [1.54, 1.807) is 0 Å². The van der Waals surface area contributed by atoms with Crippen molar-refractivity contribution in [1.29, 1.82) is 0 Å². The molecule has 1 aliphatic carbocycles. The molecular formula is C14H22ClN3O4S2. The van der Waals surface area contributed by atoms with Gasteiger partial charge in [0.25, 0.3) is 0 Å². The molecule has 1 saturated heterocycles. The lowest BCUT2D eigenvalue weighted by Crippen LogP contribution is -2.38. The number of likely N-dealkylation sites (N-methyl/N-ethyl adjacent to an activating group) is 1. The van der Waals surface area contributed by atoms with Crippen LogP contribution in [0.3, 0.4) is 0 Å². The van der Waals surface area contributed by atoms with E-state index in [0.29, 0.717) is 6.54 Å². The molecule has 1 aromatic rings. The minimum Gasteiger partial charge on any atom is -0.315 e. The summed E-state index contributed by atoms with van der Waals surface area (Å²) in [7, 11) is -5.85. The van der Waals surface area contributed by atoms with Crippen molar-refractivity contribution in [1.82, 2.24) is 14.3 Å². The first-order valence-corrected chi connectivity index (χ1v) is 10.5. The standard InChI is InChI=1S/C14H21N3O4S2.ClH/c1-17(12-7-8-15-10-12)23(20,21)14-4-2-3-13(9-14)22(18,19)16-11-5-6-11;/h2-4,9,11-12,15-16H,5-8,10H2,1H3;1H. The summed E-state index contributed by atoms with van der Waals surface area (Å²) < 4.78 is 53.8. The molecule has 3 rings (SSSR count). The van der Waals surface area contributed by atoms with E-state index in [4.69, 9.17) is 0 Å². The molecule has 0 spiro atoms. The van der Waals surface area contributed by atoms with Crippen molar-refractivity contribution in [3.8, 4) is 0 Å². The monoisotopic (exact) mass is 395 g/mol. The molecule has 1 saturated carbocycles. The molecule has 24 heavy (non-hydrogen) atoms. The predicted octanol–water partition coefficient (Wildman–Crippen LogP) is 0.531. The van der Waals surface area contributed by atoms with Crippen molar-refractivity contribution in [2.75, 3.05) is 20.1 Å². The molecular weight excluding hydrogens is 374 g/mol. The summed E-state index contributed by atoms with van der Waals surface area (Å²) in [5.41, 5.74) is 0. The first kappa shape index (κ1) is 19.6. The third-order valence-corrected chi connectivity index (χ3v) is 7.66. The van der Waals surface area contributed by atoms with E-state index in [1.165, 1.54) is 35.6 Å². The molecule has 0 bridgehead atoms. The van der Waals surface area contributed by atoms with Gasteiger partial charge in [0.2, 0.25) is 20.0 Å². The number of benzene rings is 1. The largest absolute Gasteiger partial charge is 0.315 e. The van der Waals surface area contributed by atoms with E-state index in [1.807, 2.05) is 0 Å². The molecule has 2 fully saturated rings. The number of hydrogen-bond acceptors (Lipinski definition) is 5. The zero-order valence-electron chi connectivity index (χ0n) is 13.3. The maximum atomic E-state index is 12.7. The molecule has 0 amide bonds. The highest BCUT2D eigenvalue weighted by molar-refractivity contribution is 7.90. The Kier molecular flexibility index (Phi) is 5.94. The number of nitrogens with zero attached hydrogens (tertiary/aromatic N) is 1. The number of sulfonamides is 2. The minimum absolute atomic E-state index is 0. The van der Waals surface area contributed by atoms with Gasteiger partial charge in [-0.3, -0.25) is 0 Å². The fraction of sp³-hybridized carbons (Fsp3) is 0.571. The Morgan fingerprint density at radius 1 is 1.12 bits per heavy atom. The minimum atomic E-state index is -3.72. The third-order valence-electron chi connectivity index (χ3n) is 4.24. The van der Waals surface area contributed by atoms with E-state index in [9.17, 15) is 16.8 Å². The van der Waals surface area contributed by atoms with Crippen LogP contribution in [0.4, 0.5) is 0 Å². The summed E-state index contributed by atoms with van der Waals surface area (Å²) in [6, 6.07) is 5.43. The van der Waals surface area contributed by atoms with Crippen molar-refractivity contribution in [2.24, 2.45) is 0 Å². The Bertz CT molecular complexity index is 788. The Labute approximate surface area is 149 Å². The fourth-order valence-electron chi connectivity index (χ4n) is 2.60. The number of rotatable bonds is 6. The van der Waals surface area contributed by atoms with Crippen LogP contribution in [0.1, 0.15) is 19.3 Å². The molecule has 1 atom stereocenters. The van der Waals surface area contributed by atoms with E-state index >= 15 is 0 Å². The quantitative estimate of drug-likeness (QED) is 0.732. The van der Waals surface area contributed by atoms with Crippen LogP contribution in [0.15, 0.2) is 34.1 Å². The highest BCUT2D eigenvalue weighted by Crippen LogP contribution is 2.25. The van der Waals surface area contributed by atoms with Crippen LogP contribution in [0, 0.1) is 0 Å². The molecule has 7 nitrogen and oxygen atoms in total. The van der Waals surface area contributed by atoms with Gasteiger partial charge in [-0.2, -0.15) is 4.31 Å². The average molecular weight is 396 g/mol. The molecule has 1 heterocycles. The van der Waals surface area contributed by atoms with Crippen LogP contribution < -0.4 is 10.0 Å². The van der Waals surface area contributed by atoms with Crippen LogP contribution >= 0.6 is 12.4 Å². The number of hydrogen-bond donors (Lipinski definition) is 2. The molecule has 1 aromatic carbocycles. The smallest absolute Gasteiger partial charge is 0.243 e. The summed E-state index contributed by atoms with van der Waals surface area (Å²) in [6.07, 6.45) is 2.40. The maximum absolute atomic E-state index is 12.7. The lowest BCUT2D eigenvalue weighted by Gasteiger charge is -2.23. The highest BCUT2D eigenvalue weighted by Gasteiger charge is 2.32. The van der Waals surface area contributed by atoms with Gasteiger partial charge in [-0.15, -0.1) is 12.4 Å². The topological polar surface area (TPSA) is 95.6 Å². The summed E-state index contributed by atoms with van der Waals surface area (Å²) in [6.45, 7) is 1.39. The Hall–Kier alpha value is -0.710. The second-order valence-electron chi connectivity index (χ2n) is 6.04. The molecule has 1 unspecified atom stereocenters. The highest BCUT2D eigenvalue weighted by atomic mass is 35.5. The van der Waals surface area contributed by atoms with Crippen molar-refractivity contribution in [3.05, 3.63) is 24.3 Å². The van der Waals surface area contributed by atoms with Crippen molar-refractivity contribution >= 4 is 32.5 Å². The molecule has 1 aliphatic heterocycles. The van der Waals surface area contributed by atoms with E-state index in [-0.39, 0.29) is 34.3 Å². The van der Waals surface area contributed by atoms with Crippen LogP contribution in [0.5, 0.6) is 0 Å². The Morgan fingerprint density at radius 2 is 1.79 bits per heavy atom. The normalized spacial score (nSPS) is 21.7. The summed E-state index contributed by atoms with van der Waals surface area (Å²) in [4.78, 5) is -0.00556. The summed E-state index contributed by atoms with van der Waals surface area (Å²) in [5.74, 6) is 0. The number of halogens is 1. The second-order valence-corrected chi connectivity index (χ2v) is 9.75. The van der Waals surface area contributed by atoms with Crippen LogP contribution in [-0.2, 0) is 20.0 Å². The molecule has 10 heteroatoms. The van der Waals surface area contributed by atoms with Gasteiger partial charge in [0.1, 0.15) is 0 Å². The van der Waals surface area contributed by atoms with Gasteiger partial charge in [-0.1, -0.05) is 6.07 Å². The fourth-order valence-corrected chi connectivity index (χ4v) is 5.46. The van der Waals surface area contributed by atoms with Gasteiger partial charge in [-0.25, -0.2) is 21.6 Å². The molecule has 0 aromatic heterocycles. The predicted molar refractivity (Wildman–Crippen MR) is 93.3 cm³/mol.